The Kier molecular flexibility index (Phi) is 36.6. The molecule has 0 aliphatic rings. The molecule has 2 heteroatoms. The van der Waals surface area contributed by atoms with Crippen LogP contribution in [0.25, 0.3) is 0 Å². The molecule has 0 amide bonds. The van der Waals surface area contributed by atoms with Crippen molar-refractivity contribution in [3.63, 3.8) is 0 Å². The predicted octanol–water partition coefficient (Wildman–Crippen LogP) is 4.05. The van der Waals surface area contributed by atoms with Crippen molar-refractivity contribution in [1.82, 2.24) is 5.32 Å². The van der Waals surface area contributed by atoms with E-state index in [0.717, 1.165) is 0 Å². The molecule has 94 valence electrons. The summed E-state index contributed by atoms with van der Waals surface area (Å²) in [6.07, 6.45) is 4.53. The van der Waals surface area contributed by atoms with E-state index in [4.69, 9.17) is 0 Å². The first kappa shape index (κ1) is 23.7. The second-order valence-corrected chi connectivity index (χ2v) is 2.66. The van der Waals surface area contributed by atoms with Gasteiger partial charge in [0.2, 0.25) is 0 Å². The van der Waals surface area contributed by atoms with Crippen LogP contribution in [-0.2, 0) is 0 Å². The Balaban J connectivity index is -0.0000000867. The Bertz CT molecular complexity index is 128. The average molecular weight is 216 g/mol. The molecule has 0 fully saturated rings. The second-order valence-electron chi connectivity index (χ2n) is 2.66. The predicted molar refractivity (Wildman–Crippen MR) is 74.8 cm³/mol. The molecule has 0 aromatic heterocycles. The summed E-state index contributed by atoms with van der Waals surface area (Å²) < 4.78 is 0. The van der Waals surface area contributed by atoms with E-state index in [-0.39, 0.29) is 7.43 Å². The topological polar surface area (TPSA) is 38.0 Å². The first-order valence-electron chi connectivity index (χ1n) is 5.34. The molecule has 0 saturated carbocycles. The van der Waals surface area contributed by atoms with Crippen LogP contribution in [0.3, 0.4) is 0 Å². The Hall–Kier alpha value is -0.920. The van der Waals surface area contributed by atoms with Crippen LogP contribution in [0.5, 0.6) is 0 Å². The molecule has 0 rings (SSSR count). The highest BCUT2D eigenvalue weighted by atomic mass is 14.9. The fraction of sp³-hybridized carbons (Fsp3) is 0.692. The monoisotopic (exact) mass is 216 g/mol. The summed E-state index contributed by atoms with van der Waals surface area (Å²) >= 11 is 0. The molecule has 1 unspecified atom stereocenters. The SMILES string of the molecule is C.C/C=C(\C)NC(C)CC.C=CN.CC. The van der Waals surface area contributed by atoms with Gasteiger partial charge < -0.3 is 11.1 Å². The average Bonchev–Trinajstić information content (AvgIpc) is 2.21. The van der Waals surface area contributed by atoms with E-state index in [9.17, 15) is 0 Å². The third-order valence-electron chi connectivity index (χ3n) is 1.52. The molecule has 0 aromatic rings. The second kappa shape index (κ2) is 23.2. The third kappa shape index (κ3) is 32.0. The minimum atomic E-state index is 0. The first-order valence-corrected chi connectivity index (χ1v) is 5.34. The van der Waals surface area contributed by atoms with Gasteiger partial charge in [-0.3, -0.25) is 0 Å². The lowest BCUT2D eigenvalue weighted by Crippen LogP contribution is -2.22. The quantitative estimate of drug-likeness (QED) is 0.747. The summed E-state index contributed by atoms with van der Waals surface area (Å²) in [5.74, 6) is 0. The van der Waals surface area contributed by atoms with E-state index >= 15 is 0 Å². The lowest BCUT2D eigenvalue weighted by Gasteiger charge is -2.11. The van der Waals surface area contributed by atoms with Gasteiger partial charge in [0.1, 0.15) is 0 Å². The number of hydrogen-bond acceptors (Lipinski definition) is 2. The summed E-state index contributed by atoms with van der Waals surface area (Å²) in [6, 6.07) is 0.612. The third-order valence-corrected chi connectivity index (χ3v) is 1.52. The molecule has 0 aliphatic heterocycles. The zero-order chi connectivity index (χ0) is 12.0. The van der Waals surface area contributed by atoms with E-state index in [0.29, 0.717) is 6.04 Å². The van der Waals surface area contributed by atoms with Crippen LogP contribution in [0.4, 0.5) is 0 Å². The molecular formula is C13H32N2. The van der Waals surface area contributed by atoms with Crippen LogP contribution in [0.1, 0.15) is 55.4 Å². The maximum atomic E-state index is 4.61. The number of nitrogens with one attached hydrogen (secondary N) is 1. The number of rotatable bonds is 3. The van der Waals surface area contributed by atoms with Gasteiger partial charge in [-0.15, -0.1) is 0 Å². The summed E-state index contributed by atoms with van der Waals surface area (Å²) in [6.45, 7) is 15.6. The fourth-order valence-electron chi connectivity index (χ4n) is 0.574. The van der Waals surface area contributed by atoms with Crippen molar-refractivity contribution in [2.75, 3.05) is 0 Å². The van der Waals surface area contributed by atoms with Crippen LogP contribution < -0.4 is 11.1 Å². The van der Waals surface area contributed by atoms with Gasteiger partial charge in [0.05, 0.1) is 0 Å². The minimum absolute atomic E-state index is 0. The van der Waals surface area contributed by atoms with Crippen molar-refractivity contribution < 1.29 is 0 Å². The molecule has 0 aliphatic carbocycles. The normalized spacial score (nSPS) is 10.4. The van der Waals surface area contributed by atoms with Crippen molar-refractivity contribution in [3.05, 3.63) is 24.6 Å². The Morgan fingerprint density at radius 2 is 1.80 bits per heavy atom. The van der Waals surface area contributed by atoms with Crippen LogP contribution in [0.2, 0.25) is 0 Å². The largest absolute Gasteiger partial charge is 0.405 e. The molecule has 0 spiro atoms. The van der Waals surface area contributed by atoms with Crippen LogP contribution in [-0.4, -0.2) is 6.04 Å². The van der Waals surface area contributed by atoms with Crippen molar-refractivity contribution in [2.45, 2.75) is 61.4 Å². The molecule has 3 N–H and O–H groups in total. The summed E-state index contributed by atoms with van der Waals surface area (Å²) in [5, 5.41) is 3.34. The molecule has 15 heavy (non-hydrogen) atoms. The highest BCUT2D eigenvalue weighted by Gasteiger charge is 1.93. The maximum absolute atomic E-state index is 4.61. The number of allylic oxidation sites excluding steroid dienone is 2. The first-order chi connectivity index (χ1) is 6.62. The Morgan fingerprint density at radius 3 is 2.00 bits per heavy atom. The standard InChI is InChI=1S/C8H17N.C2H5N.C2H6.CH4/c1-5-7(3)9-8(4)6-2;1-2-3;1-2;/h5,8-9H,6H2,1-4H3;2H,1,3H2;1-2H3;1H4/b7-5+;;;. The lowest BCUT2D eigenvalue weighted by atomic mass is 10.2. The van der Waals surface area contributed by atoms with Gasteiger partial charge in [-0.05, 0) is 33.4 Å². The van der Waals surface area contributed by atoms with Crippen molar-refractivity contribution >= 4 is 0 Å². The van der Waals surface area contributed by atoms with E-state index in [1.807, 2.05) is 20.8 Å². The highest BCUT2D eigenvalue weighted by Crippen LogP contribution is 1.93. The van der Waals surface area contributed by atoms with Gasteiger partial charge in [0.25, 0.3) is 0 Å². The lowest BCUT2D eigenvalue weighted by molar-refractivity contribution is 0.595. The number of hydrogen-bond donors (Lipinski definition) is 2. The van der Waals surface area contributed by atoms with Crippen molar-refractivity contribution in [1.29, 1.82) is 0 Å². The van der Waals surface area contributed by atoms with E-state index < -0.39 is 0 Å². The minimum Gasteiger partial charge on any atom is -0.405 e. The van der Waals surface area contributed by atoms with Gasteiger partial charge in [0.15, 0.2) is 0 Å². The smallest absolute Gasteiger partial charge is 0.0227 e. The summed E-state index contributed by atoms with van der Waals surface area (Å²) in [4.78, 5) is 0. The molecule has 2 nitrogen and oxygen atoms in total. The molecule has 0 saturated heterocycles. The molecule has 0 aromatic carbocycles. The van der Waals surface area contributed by atoms with Gasteiger partial charge in [-0.1, -0.05) is 40.9 Å². The number of nitrogens with two attached hydrogens (primary N) is 1. The molecule has 1 atom stereocenters. The van der Waals surface area contributed by atoms with Crippen LogP contribution >= 0.6 is 0 Å². The zero-order valence-corrected chi connectivity index (χ0v) is 10.7. The van der Waals surface area contributed by atoms with E-state index in [1.165, 1.54) is 18.3 Å². The van der Waals surface area contributed by atoms with Crippen LogP contribution in [0, 0.1) is 0 Å². The Morgan fingerprint density at radius 1 is 1.47 bits per heavy atom. The molecular weight excluding hydrogens is 184 g/mol. The van der Waals surface area contributed by atoms with Gasteiger partial charge in [0, 0.05) is 11.7 Å². The highest BCUT2D eigenvalue weighted by molar-refractivity contribution is 4.93. The molecule has 0 bridgehead atoms. The summed E-state index contributed by atoms with van der Waals surface area (Å²) in [5.41, 5.74) is 5.88. The maximum Gasteiger partial charge on any atom is 0.0227 e. The van der Waals surface area contributed by atoms with Crippen LogP contribution in [0.15, 0.2) is 24.6 Å². The van der Waals surface area contributed by atoms with Gasteiger partial charge in [-0.25, -0.2) is 0 Å². The van der Waals surface area contributed by atoms with Crippen molar-refractivity contribution in [2.24, 2.45) is 5.73 Å². The van der Waals surface area contributed by atoms with Gasteiger partial charge in [-0.2, -0.15) is 0 Å². The summed E-state index contributed by atoms with van der Waals surface area (Å²) in [7, 11) is 0. The van der Waals surface area contributed by atoms with E-state index in [1.54, 1.807) is 0 Å². The molecule has 0 heterocycles. The van der Waals surface area contributed by atoms with E-state index in [2.05, 4.69) is 44.5 Å². The van der Waals surface area contributed by atoms with Gasteiger partial charge >= 0.3 is 0 Å². The zero-order valence-electron chi connectivity index (χ0n) is 10.7. The van der Waals surface area contributed by atoms with Crippen molar-refractivity contribution in [3.8, 4) is 0 Å². The Labute approximate surface area is 97.6 Å². The fourth-order valence-corrected chi connectivity index (χ4v) is 0.574. The molecule has 0 radical (unpaired) electrons.